The highest BCUT2D eigenvalue weighted by atomic mass is 32.2. The maximum absolute atomic E-state index is 11.9. The van der Waals surface area contributed by atoms with E-state index < -0.39 is 16.1 Å². The highest BCUT2D eigenvalue weighted by molar-refractivity contribution is 7.89. The average molecular weight is 256 g/mol. The van der Waals surface area contributed by atoms with E-state index in [0.717, 1.165) is 10.7 Å². The van der Waals surface area contributed by atoms with Gasteiger partial charge in [-0.3, -0.25) is 0 Å². The molecule has 0 saturated heterocycles. The zero-order chi connectivity index (χ0) is 12.9. The highest BCUT2D eigenvalue weighted by Crippen LogP contribution is 2.22. The number of furan rings is 1. The van der Waals surface area contributed by atoms with Crippen LogP contribution in [0.1, 0.15) is 31.6 Å². The number of hydrogen-bond donors (Lipinski definition) is 0. The van der Waals surface area contributed by atoms with Crippen LogP contribution in [0.4, 0.5) is 0 Å². The lowest BCUT2D eigenvalue weighted by Gasteiger charge is -2.20. The summed E-state index contributed by atoms with van der Waals surface area (Å²) in [6.45, 7) is 1.92. The fourth-order valence-electron chi connectivity index (χ4n) is 1.40. The van der Waals surface area contributed by atoms with Gasteiger partial charge in [-0.2, -0.15) is 9.57 Å². The van der Waals surface area contributed by atoms with Gasteiger partial charge in [0.1, 0.15) is 5.76 Å². The molecular weight excluding hydrogens is 240 g/mol. The van der Waals surface area contributed by atoms with Crippen LogP contribution in [0, 0.1) is 11.3 Å². The number of hydrogen-bond acceptors (Lipinski definition) is 4. The summed E-state index contributed by atoms with van der Waals surface area (Å²) in [5.74, 6) is 0.397. The van der Waals surface area contributed by atoms with Gasteiger partial charge in [0.2, 0.25) is 10.0 Å². The van der Waals surface area contributed by atoms with Gasteiger partial charge in [-0.05, 0) is 18.6 Å². The third kappa shape index (κ3) is 3.32. The first-order chi connectivity index (χ1) is 8.03. The molecule has 0 radical (unpaired) electrons. The van der Waals surface area contributed by atoms with Crippen molar-refractivity contribution in [3.63, 3.8) is 0 Å². The van der Waals surface area contributed by atoms with Crippen molar-refractivity contribution >= 4 is 10.0 Å². The molecule has 0 amide bonds. The van der Waals surface area contributed by atoms with E-state index in [1.807, 2.05) is 13.0 Å². The molecule has 5 nitrogen and oxygen atoms in total. The summed E-state index contributed by atoms with van der Waals surface area (Å²) in [7, 11) is -2.00. The minimum Gasteiger partial charge on any atom is -0.467 e. The zero-order valence-corrected chi connectivity index (χ0v) is 10.8. The summed E-state index contributed by atoms with van der Waals surface area (Å²) in [5, 5.41) is 9.04. The first-order valence-electron chi connectivity index (χ1n) is 5.41. The topological polar surface area (TPSA) is 74.3 Å². The Morgan fingerprint density at radius 1 is 1.59 bits per heavy atom. The van der Waals surface area contributed by atoms with E-state index in [1.54, 1.807) is 12.1 Å². The van der Waals surface area contributed by atoms with Crippen molar-refractivity contribution in [3.8, 4) is 6.07 Å². The predicted octanol–water partition coefficient (Wildman–Crippen LogP) is 1.91. The van der Waals surface area contributed by atoms with Gasteiger partial charge in [-0.15, -0.1) is 0 Å². The van der Waals surface area contributed by atoms with Crippen molar-refractivity contribution in [2.24, 2.45) is 0 Å². The summed E-state index contributed by atoms with van der Waals surface area (Å²) in [5.41, 5.74) is 0. The lowest BCUT2D eigenvalue weighted by Crippen LogP contribution is -2.32. The molecule has 0 bridgehead atoms. The molecule has 1 unspecified atom stereocenters. The van der Waals surface area contributed by atoms with Gasteiger partial charge in [-0.1, -0.05) is 13.3 Å². The summed E-state index contributed by atoms with van der Waals surface area (Å²) in [6.07, 6.45) is 2.81. The summed E-state index contributed by atoms with van der Waals surface area (Å²) in [6, 6.07) is 4.27. The normalized spacial score (nSPS) is 13.5. The van der Waals surface area contributed by atoms with Crippen LogP contribution in [-0.4, -0.2) is 25.5 Å². The largest absolute Gasteiger partial charge is 0.467 e. The van der Waals surface area contributed by atoms with E-state index in [0.29, 0.717) is 12.2 Å². The van der Waals surface area contributed by atoms with Crippen LogP contribution in [0.25, 0.3) is 0 Å². The van der Waals surface area contributed by atoms with Gasteiger partial charge < -0.3 is 4.42 Å². The lowest BCUT2D eigenvalue weighted by molar-refractivity contribution is 0.371. The molecule has 6 heteroatoms. The maximum atomic E-state index is 11.9. The molecule has 0 aliphatic rings. The first-order valence-corrected chi connectivity index (χ1v) is 7.02. The molecule has 0 N–H and O–H groups in total. The quantitative estimate of drug-likeness (QED) is 0.779. The van der Waals surface area contributed by atoms with Crippen molar-refractivity contribution < 1.29 is 12.8 Å². The second-order valence-electron chi connectivity index (χ2n) is 3.73. The molecule has 1 aromatic heterocycles. The van der Waals surface area contributed by atoms with E-state index in [-0.39, 0.29) is 5.75 Å². The van der Waals surface area contributed by atoms with Crippen LogP contribution >= 0.6 is 0 Å². The third-order valence-electron chi connectivity index (χ3n) is 2.49. The number of unbranched alkanes of at least 4 members (excludes halogenated alkanes) is 1. The smallest absolute Gasteiger partial charge is 0.215 e. The second-order valence-corrected chi connectivity index (χ2v) is 5.88. The van der Waals surface area contributed by atoms with E-state index in [2.05, 4.69) is 0 Å². The van der Waals surface area contributed by atoms with Gasteiger partial charge >= 0.3 is 0 Å². The Balaban J connectivity index is 2.88. The summed E-state index contributed by atoms with van der Waals surface area (Å²) in [4.78, 5) is 0. The minimum absolute atomic E-state index is 0.0545. The SMILES string of the molecule is CCCCS(=O)(=O)N(C)C(C#N)c1ccco1. The Morgan fingerprint density at radius 2 is 2.29 bits per heavy atom. The van der Waals surface area contributed by atoms with Crippen LogP contribution in [0.15, 0.2) is 22.8 Å². The van der Waals surface area contributed by atoms with Crippen LogP contribution in [0.5, 0.6) is 0 Å². The van der Waals surface area contributed by atoms with Crippen molar-refractivity contribution in [2.75, 3.05) is 12.8 Å². The number of sulfonamides is 1. The van der Waals surface area contributed by atoms with Gasteiger partial charge in [-0.25, -0.2) is 8.42 Å². The Labute approximate surface area is 102 Å². The van der Waals surface area contributed by atoms with Crippen molar-refractivity contribution in [3.05, 3.63) is 24.2 Å². The number of rotatable bonds is 6. The van der Waals surface area contributed by atoms with E-state index >= 15 is 0 Å². The van der Waals surface area contributed by atoms with Crippen LogP contribution < -0.4 is 0 Å². The molecule has 0 aromatic carbocycles. The average Bonchev–Trinajstić information content (AvgIpc) is 2.81. The maximum Gasteiger partial charge on any atom is 0.215 e. The van der Waals surface area contributed by atoms with E-state index in [9.17, 15) is 8.42 Å². The fourth-order valence-corrected chi connectivity index (χ4v) is 2.82. The molecule has 0 saturated carbocycles. The summed E-state index contributed by atoms with van der Waals surface area (Å²) >= 11 is 0. The van der Waals surface area contributed by atoms with E-state index in [1.165, 1.54) is 13.3 Å². The second kappa shape index (κ2) is 5.84. The Bertz CT molecular complexity index is 473. The fraction of sp³-hybridized carbons (Fsp3) is 0.545. The molecule has 0 spiro atoms. The minimum atomic E-state index is -3.41. The molecule has 1 aromatic rings. The van der Waals surface area contributed by atoms with Crippen molar-refractivity contribution in [2.45, 2.75) is 25.8 Å². The molecule has 1 rings (SSSR count). The van der Waals surface area contributed by atoms with E-state index in [4.69, 9.17) is 9.68 Å². The number of nitrogens with zero attached hydrogens (tertiary/aromatic N) is 2. The first kappa shape index (κ1) is 13.7. The molecule has 17 heavy (non-hydrogen) atoms. The number of nitriles is 1. The summed E-state index contributed by atoms with van der Waals surface area (Å²) < 4.78 is 30.0. The molecule has 0 aliphatic heterocycles. The van der Waals surface area contributed by atoms with Crippen molar-refractivity contribution in [1.29, 1.82) is 5.26 Å². The van der Waals surface area contributed by atoms with Crippen molar-refractivity contribution in [1.82, 2.24) is 4.31 Å². The highest BCUT2D eigenvalue weighted by Gasteiger charge is 2.28. The predicted molar refractivity (Wildman–Crippen MR) is 63.5 cm³/mol. The van der Waals surface area contributed by atoms with Crippen LogP contribution in [0.2, 0.25) is 0 Å². The molecule has 94 valence electrons. The molecular formula is C11H16N2O3S. The van der Waals surface area contributed by atoms with Crippen LogP contribution in [0.3, 0.4) is 0 Å². The Morgan fingerprint density at radius 3 is 2.76 bits per heavy atom. The van der Waals surface area contributed by atoms with Gasteiger partial charge in [0.05, 0.1) is 18.1 Å². The third-order valence-corrected chi connectivity index (χ3v) is 4.39. The molecule has 1 atom stereocenters. The Hall–Kier alpha value is -1.32. The van der Waals surface area contributed by atoms with Gasteiger partial charge in [0.25, 0.3) is 0 Å². The van der Waals surface area contributed by atoms with Gasteiger partial charge in [0.15, 0.2) is 6.04 Å². The monoisotopic (exact) mass is 256 g/mol. The zero-order valence-electron chi connectivity index (χ0n) is 9.96. The lowest BCUT2D eigenvalue weighted by atomic mass is 10.2. The Kier molecular flexibility index (Phi) is 4.73. The molecule has 0 aliphatic carbocycles. The van der Waals surface area contributed by atoms with Crippen LogP contribution in [-0.2, 0) is 10.0 Å². The molecule has 0 fully saturated rings. The van der Waals surface area contributed by atoms with Gasteiger partial charge in [0, 0.05) is 7.05 Å². The molecule has 1 heterocycles. The standard InChI is InChI=1S/C11H16N2O3S/c1-3-4-8-17(14,15)13(2)10(9-12)11-6-5-7-16-11/h5-7,10H,3-4,8H2,1-2H3.